The van der Waals surface area contributed by atoms with Crippen LogP contribution in [0.1, 0.15) is 50.2 Å². The van der Waals surface area contributed by atoms with Crippen LogP contribution in [0.3, 0.4) is 0 Å². The zero-order valence-corrected chi connectivity index (χ0v) is 20.4. The van der Waals surface area contributed by atoms with Crippen LogP contribution in [0, 0.1) is 5.92 Å². The van der Waals surface area contributed by atoms with E-state index in [4.69, 9.17) is 0 Å². The third kappa shape index (κ3) is 3.80. The van der Waals surface area contributed by atoms with Crippen molar-refractivity contribution in [2.24, 2.45) is 5.92 Å². The van der Waals surface area contributed by atoms with Crippen molar-refractivity contribution >= 4 is 27.9 Å². The van der Waals surface area contributed by atoms with Gasteiger partial charge in [-0.1, -0.05) is 25.8 Å². The molecule has 2 aliphatic heterocycles. The van der Waals surface area contributed by atoms with E-state index in [2.05, 4.69) is 5.32 Å². The van der Waals surface area contributed by atoms with E-state index in [9.17, 15) is 22.8 Å². The van der Waals surface area contributed by atoms with Crippen molar-refractivity contribution in [2.45, 2.75) is 62.3 Å². The van der Waals surface area contributed by atoms with Gasteiger partial charge in [-0.15, -0.1) is 0 Å². The van der Waals surface area contributed by atoms with Gasteiger partial charge in [0.05, 0.1) is 4.90 Å². The Hall–Kier alpha value is -2.46. The smallest absolute Gasteiger partial charge is 0.325 e. The zero-order valence-electron chi connectivity index (χ0n) is 19.6. The van der Waals surface area contributed by atoms with E-state index in [1.165, 1.54) is 9.87 Å². The second kappa shape index (κ2) is 8.64. The number of nitrogens with zero attached hydrogens (tertiary/aromatic N) is 3. The number of hydrogen-bond acceptors (Lipinski definition) is 5. The van der Waals surface area contributed by atoms with Crippen LogP contribution in [0.25, 0.3) is 0 Å². The molecule has 1 aromatic rings. The maximum absolute atomic E-state index is 13.1. The lowest BCUT2D eigenvalue weighted by molar-refractivity contribution is -0.141. The third-order valence-corrected chi connectivity index (χ3v) is 9.99. The summed E-state index contributed by atoms with van der Waals surface area (Å²) in [6.07, 6.45) is 6.33. The maximum Gasteiger partial charge on any atom is 0.325 e. The van der Waals surface area contributed by atoms with Crippen molar-refractivity contribution in [3.8, 4) is 0 Å². The predicted molar refractivity (Wildman–Crippen MR) is 124 cm³/mol. The van der Waals surface area contributed by atoms with Crippen molar-refractivity contribution in [1.29, 1.82) is 0 Å². The highest BCUT2D eigenvalue weighted by Crippen LogP contribution is 2.38. The number of carbonyl (C=O) groups excluding carboxylic acids is 3. The fourth-order valence-electron chi connectivity index (χ4n) is 5.91. The minimum Gasteiger partial charge on any atom is -0.338 e. The number of carbonyl (C=O) groups is 3. The summed E-state index contributed by atoms with van der Waals surface area (Å²) in [5, 5.41) is 2.87. The largest absolute Gasteiger partial charge is 0.338 e. The van der Waals surface area contributed by atoms with Crippen LogP contribution >= 0.6 is 0 Å². The summed E-state index contributed by atoms with van der Waals surface area (Å²) in [6, 6.07) is 4.86. The highest BCUT2D eigenvalue weighted by molar-refractivity contribution is 7.89. The van der Waals surface area contributed by atoms with Crippen LogP contribution in [0.2, 0.25) is 0 Å². The minimum absolute atomic E-state index is 0.0331. The summed E-state index contributed by atoms with van der Waals surface area (Å²) >= 11 is 0. The van der Waals surface area contributed by atoms with Gasteiger partial charge < -0.3 is 10.2 Å². The van der Waals surface area contributed by atoms with Gasteiger partial charge in [0.1, 0.15) is 12.1 Å². The van der Waals surface area contributed by atoms with Gasteiger partial charge in [0, 0.05) is 26.2 Å². The second-order valence-corrected chi connectivity index (χ2v) is 11.9. The molecule has 2 heterocycles. The topological polar surface area (TPSA) is 107 Å². The molecule has 0 aromatic heterocycles. The van der Waals surface area contributed by atoms with E-state index < -0.39 is 21.6 Å². The Morgan fingerprint density at radius 2 is 1.79 bits per heavy atom. The minimum atomic E-state index is -3.63. The Kier molecular flexibility index (Phi) is 5.92. The van der Waals surface area contributed by atoms with Crippen LogP contribution in [0.5, 0.6) is 0 Å². The molecule has 0 unspecified atom stereocenters. The quantitative estimate of drug-likeness (QED) is 0.647. The van der Waals surface area contributed by atoms with Crippen LogP contribution < -0.4 is 5.32 Å². The number of sulfonamides is 1. The van der Waals surface area contributed by atoms with Crippen molar-refractivity contribution < 1.29 is 22.8 Å². The normalized spacial score (nSPS) is 27.9. The van der Waals surface area contributed by atoms with E-state index in [1.54, 1.807) is 17.0 Å². The summed E-state index contributed by atoms with van der Waals surface area (Å²) in [5.74, 6) is -0.611. The summed E-state index contributed by atoms with van der Waals surface area (Å²) in [5.41, 5.74) is 1.44. The van der Waals surface area contributed by atoms with Gasteiger partial charge >= 0.3 is 6.03 Å². The molecule has 184 valence electrons. The van der Waals surface area contributed by atoms with Crippen LogP contribution in [-0.4, -0.2) is 78.6 Å². The number of nitrogens with one attached hydrogen (secondary N) is 1. The lowest BCUT2D eigenvalue weighted by Gasteiger charge is -2.37. The number of hydrogen-bond donors (Lipinski definition) is 1. The summed E-state index contributed by atoms with van der Waals surface area (Å²) in [4.78, 5) is 41.5. The molecule has 0 bridgehead atoms. The predicted octanol–water partition coefficient (Wildman–Crippen LogP) is 1.51. The lowest BCUT2D eigenvalue weighted by Crippen LogP contribution is -2.55. The first-order chi connectivity index (χ1) is 16.2. The number of piperazine rings is 1. The average molecular weight is 489 g/mol. The van der Waals surface area contributed by atoms with Gasteiger partial charge in [-0.05, 0) is 61.3 Å². The van der Waals surface area contributed by atoms with E-state index >= 15 is 0 Å². The van der Waals surface area contributed by atoms with Crippen molar-refractivity contribution in [3.05, 3.63) is 29.3 Å². The molecule has 10 heteroatoms. The van der Waals surface area contributed by atoms with Gasteiger partial charge in [-0.25, -0.2) is 13.2 Å². The highest BCUT2D eigenvalue weighted by Gasteiger charge is 2.55. The summed E-state index contributed by atoms with van der Waals surface area (Å²) < 4.78 is 27.7. The Labute approximate surface area is 200 Å². The number of fused-ring (bicyclic) bond motifs is 1. The first-order valence-electron chi connectivity index (χ1n) is 12.3. The second-order valence-electron chi connectivity index (χ2n) is 10.0. The van der Waals surface area contributed by atoms with E-state index in [1.807, 2.05) is 13.0 Å². The molecule has 1 saturated carbocycles. The van der Waals surface area contributed by atoms with Crippen molar-refractivity contribution in [2.75, 3.05) is 32.7 Å². The van der Waals surface area contributed by atoms with E-state index in [0.29, 0.717) is 11.3 Å². The standard InChI is InChI=1S/C24H32N4O5S/c1-17-5-2-3-10-24(17)22(30)28(23(31)25-24)16-21(29)26-11-13-27(14-12-26)34(32,33)20-9-8-18-6-4-7-19(18)15-20/h8-9,15,17H,2-7,10-14,16H2,1H3,(H,25,31)/t17-,24+/m0/s1. The van der Waals surface area contributed by atoms with Gasteiger partial charge in [0.2, 0.25) is 15.9 Å². The molecule has 4 amide bonds. The molecule has 0 radical (unpaired) electrons. The van der Waals surface area contributed by atoms with Crippen molar-refractivity contribution in [3.63, 3.8) is 0 Å². The molecule has 1 spiro atoms. The van der Waals surface area contributed by atoms with Gasteiger partial charge in [-0.2, -0.15) is 4.31 Å². The van der Waals surface area contributed by atoms with Crippen LogP contribution in [0.4, 0.5) is 4.79 Å². The van der Waals surface area contributed by atoms with Gasteiger partial charge in [-0.3, -0.25) is 14.5 Å². The number of imide groups is 1. The molecule has 5 rings (SSSR count). The Balaban J connectivity index is 1.21. The Morgan fingerprint density at radius 1 is 1.06 bits per heavy atom. The molecule has 4 aliphatic rings. The number of amides is 4. The number of urea groups is 1. The fraction of sp³-hybridized carbons (Fsp3) is 0.625. The summed E-state index contributed by atoms with van der Waals surface area (Å²) in [6.45, 7) is 2.50. The SMILES string of the molecule is C[C@H]1CCCC[C@@]12NC(=O)N(CC(=O)N1CCN(S(=O)(=O)c3ccc4c(c3)CCC4)CC1)C2=O. The maximum atomic E-state index is 13.1. The molecule has 1 aromatic carbocycles. The molecule has 3 fully saturated rings. The van der Waals surface area contributed by atoms with Crippen molar-refractivity contribution in [1.82, 2.24) is 19.4 Å². The van der Waals surface area contributed by atoms with Gasteiger partial charge in [0.25, 0.3) is 5.91 Å². The van der Waals surface area contributed by atoms with Crippen LogP contribution in [0.15, 0.2) is 23.1 Å². The molecule has 9 nitrogen and oxygen atoms in total. The van der Waals surface area contributed by atoms with Gasteiger partial charge in [0.15, 0.2) is 0 Å². The number of aryl methyl sites for hydroxylation is 2. The number of benzene rings is 1. The average Bonchev–Trinajstić information content (AvgIpc) is 3.39. The number of rotatable bonds is 4. The zero-order chi connectivity index (χ0) is 24.1. The lowest BCUT2D eigenvalue weighted by atomic mass is 9.73. The van der Waals surface area contributed by atoms with Crippen LogP contribution in [-0.2, 0) is 32.5 Å². The Bertz CT molecular complexity index is 1130. The first kappa shape index (κ1) is 23.3. The molecule has 2 saturated heterocycles. The monoisotopic (exact) mass is 488 g/mol. The third-order valence-electron chi connectivity index (χ3n) is 8.09. The highest BCUT2D eigenvalue weighted by atomic mass is 32.2. The fourth-order valence-corrected chi connectivity index (χ4v) is 7.38. The van der Waals surface area contributed by atoms with E-state index in [-0.39, 0.29) is 50.5 Å². The molecular formula is C24H32N4O5S. The first-order valence-corrected chi connectivity index (χ1v) is 13.7. The molecule has 34 heavy (non-hydrogen) atoms. The molecule has 2 atom stereocenters. The molecular weight excluding hydrogens is 456 g/mol. The summed E-state index contributed by atoms with van der Waals surface area (Å²) in [7, 11) is -3.63. The Morgan fingerprint density at radius 3 is 2.53 bits per heavy atom. The molecule has 1 N–H and O–H groups in total. The van der Waals surface area contributed by atoms with E-state index in [0.717, 1.165) is 49.0 Å². The molecule has 2 aliphatic carbocycles.